The molecule has 0 atom stereocenters. The highest BCUT2D eigenvalue weighted by Crippen LogP contribution is 2.58. The quantitative estimate of drug-likeness (QED) is 0.342. The number of hydrogen-bond acceptors (Lipinski definition) is 2. The summed E-state index contributed by atoms with van der Waals surface area (Å²) < 4.78 is 11.7. The minimum Gasteiger partial charge on any atom is -0.465 e. The summed E-state index contributed by atoms with van der Waals surface area (Å²) in [7, 11) is 0. The predicted octanol–water partition coefficient (Wildman–Crippen LogP) is 8.74. The molecule has 2 heteroatoms. The highest BCUT2D eigenvalue weighted by atomic mass is 16.5. The Morgan fingerprint density at radius 2 is 1.17 bits per heavy atom. The molecule has 0 saturated heterocycles. The molecule has 3 aromatic rings. The van der Waals surface area contributed by atoms with Gasteiger partial charge >= 0.3 is 0 Å². The van der Waals surface area contributed by atoms with E-state index in [2.05, 4.69) is 84.9 Å². The smallest absolute Gasteiger partial charge is 0.126 e. The van der Waals surface area contributed by atoms with E-state index in [4.69, 9.17) is 9.47 Å². The van der Waals surface area contributed by atoms with E-state index in [-0.39, 0.29) is 5.41 Å². The lowest BCUT2D eigenvalue weighted by molar-refractivity contribution is 0.475. The van der Waals surface area contributed by atoms with Crippen molar-refractivity contribution in [1.82, 2.24) is 0 Å². The first-order chi connectivity index (χ1) is 17.0. The average Bonchev–Trinajstić information content (AvgIpc) is 3.18. The third-order valence-electron chi connectivity index (χ3n) is 6.62. The van der Waals surface area contributed by atoms with Gasteiger partial charge in [0.2, 0.25) is 0 Å². The standard InChI is InChI=1S/C33H32O2/c1-23(2)21-34-27-17-13-25(14-18-27)33(26-15-19-28(20-16-26)35-22-24(3)4)31-11-7-5-9-29(31)30-10-6-8-12-32(30)33/h5,7,9-22H,6,8H2,1-4H3. The molecule has 0 fully saturated rings. The van der Waals surface area contributed by atoms with Crippen molar-refractivity contribution in [3.05, 3.63) is 136 Å². The number of ether oxygens (including phenoxy) is 2. The van der Waals surface area contributed by atoms with E-state index in [0.717, 1.165) is 35.5 Å². The molecular weight excluding hydrogens is 428 g/mol. The van der Waals surface area contributed by atoms with Gasteiger partial charge in [-0.1, -0.05) is 60.7 Å². The molecule has 0 aromatic heterocycles. The van der Waals surface area contributed by atoms with Crippen LogP contribution in [0.1, 0.15) is 62.8 Å². The molecule has 35 heavy (non-hydrogen) atoms. The maximum Gasteiger partial charge on any atom is 0.126 e. The molecule has 2 aliphatic rings. The summed E-state index contributed by atoms with van der Waals surface area (Å²) in [5.74, 6) is 1.69. The molecule has 5 rings (SSSR count). The van der Waals surface area contributed by atoms with Gasteiger partial charge in [-0.3, -0.25) is 0 Å². The van der Waals surface area contributed by atoms with Crippen LogP contribution in [0.2, 0.25) is 0 Å². The highest BCUT2D eigenvalue weighted by Gasteiger charge is 2.48. The van der Waals surface area contributed by atoms with Crippen molar-refractivity contribution >= 4 is 5.57 Å². The van der Waals surface area contributed by atoms with Gasteiger partial charge in [0, 0.05) is 0 Å². The topological polar surface area (TPSA) is 18.5 Å². The Morgan fingerprint density at radius 1 is 0.657 bits per heavy atom. The van der Waals surface area contributed by atoms with Crippen LogP contribution in [-0.4, -0.2) is 0 Å². The second-order valence-corrected chi connectivity index (χ2v) is 9.78. The van der Waals surface area contributed by atoms with Gasteiger partial charge in [-0.25, -0.2) is 0 Å². The van der Waals surface area contributed by atoms with Gasteiger partial charge in [-0.2, -0.15) is 0 Å². The van der Waals surface area contributed by atoms with Gasteiger partial charge in [0.25, 0.3) is 0 Å². The number of hydrogen-bond donors (Lipinski definition) is 0. The van der Waals surface area contributed by atoms with E-state index >= 15 is 0 Å². The molecule has 0 radical (unpaired) electrons. The first-order valence-corrected chi connectivity index (χ1v) is 12.3. The molecule has 176 valence electrons. The van der Waals surface area contributed by atoms with E-state index in [0.29, 0.717) is 0 Å². The molecule has 0 N–H and O–H groups in total. The van der Waals surface area contributed by atoms with E-state index in [9.17, 15) is 0 Å². The fraction of sp³-hybridized carbons (Fsp3) is 0.212. The number of fused-ring (bicyclic) bond motifs is 3. The Labute approximate surface area is 208 Å². The summed E-state index contributed by atoms with van der Waals surface area (Å²) >= 11 is 0. The van der Waals surface area contributed by atoms with Gasteiger partial charge in [-0.15, -0.1) is 0 Å². The maximum atomic E-state index is 5.85. The summed E-state index contributed by atoms with van der Waals surface area (Å²) in [5, 5.41) is 0. The Hall–Kier alpha value is -3.78. The molecule has 0 saturated carbocycles. The minimum absolute atomic E-state index is 0.382. The monoisotopic (exact) mass is 460 g/mol. The zero-order valence-electron chi connectivity index (χ0n) is 21.0. The van der Waals surface area contributed by atoms with Crippen molar-refractivity contribution < 1.29 is 9.47 Å². The average molecular weight is 461 g/mol. The van der Waals surface area contributed by atoms with E-state index in [1.807, 2.05) is 27.7 Å². The Balaban J connectivity index is 1.69. The molecule has 0 aliphatic heterocycles. The summed E-state index contributed by atoms with van der Waals surface area (Å²) in [6, 6.07) is 26.1. The van der Waals surface area contributed by atoms with Gasteiger partial charge in [-0.05, 0) is 109 Å². The summed E-state index contributed by atoms with van der Waals surface area (Å²) in [4.78, 5) is 0. The van der Waals surface area contributed by atoms with Gasteiger partial charge in [0.05, 0.1) is 17.9 Å². The third kappa shape index (κ3) is 4.14. The van der Waals surface area contributed by atoms with Crippen molar-refractivity contribution in [3.63, 3.8) is 0 Å². The van der Waals surface area contributed by atoms with Gasteiger partial charge in [0.15, 0.2) is 0 Å². The SMILES string of the molecule is CC(C)=COc1ccc(C2(c3ccc(OC=C(C)C)cc3)C3=CCCC=C3c3ccccc32)cc1. The van der Waals surface area contributed by atoms with Crippen molar-refractivity contribution in [2.75, 3.05) is 0 Å². The summed E-state index contributed by atoms with van der Waals surface area (Å²) in [5.41, 5.74) is 9.76. The minimum atomic E-state index is -0.382. The van der Waals surface area contributed by atoms with Gasteiger partial charge < -0.3 is 9.47 Å². The maximum absolute atomic E-state index is 5.85. The lowest BCUT2D eigenvalue weighted by Gasteiger charge is -2.35. The van der Waals surface area contributed by atoms with Crippen LogP contribution in [0.5, 0.6) is 11.5 Å². The van der Waals surface area contributed by atoms with Crippen LogP contribution in [0.15, 0.2) is 114 Å². The predicted molar refractivity (Wildman–Crippen MR) is 145 cm³/mol. The van der Waals surface area contributed by atoms with Crippen LogP contribution in [-0.2, 0) is 5.41 Å². The zero-order chi connectivity index (χ0) is 24.4. The third-order valence-corrected chi connectivity index (χ3v) is 6.62. The number of benzene rings is 3. The zero-order valence-corrected chi connectivity index (χ0v) is 21.0. The molecule has 0 heterocycles. The normalized spacial score (nSPS) is 15.2. The number of rotatable bonds is 6. The second-order valence-electron chi connectivity index (χ2n) is 9.78. The van der Waals surface area contributed by atoms with Crippen molar-refractivity contribution in [3.8, 4) is 11.5 Å². The van der Waals surface area contributed by atoms with E-state index in [1.165, 1.54) is 33.4 Å². The first-order valence-electron chi connectivity index (χ1n) is 12.3. The lowest BCUT2D eigenvalue weighted by Crippen LogP contribution is -2.29. The summed E-state index contributed by atoms with van der Waals surface area (Å²) in [6.07, 6.45) is 10.6. The molecule has 0 spiro atoms. The fourth-order valence-electron chi connectivity index (χ4n) is 5.20. The molecule has 0 bridgehead atoms. The molecule has 2 nitrogen and oxygen atoms in total. The summed E-state index contributed by atoms with van der Waals surface area (Å²) in [6.45, 7) is 8.14. The molecule has 0 unspecified atom stereocenters. The molecule has 3 aromatic carbocycles. The van der Waals surface area contributed by atoms with Crippen molar-refractivity contribution in [2.24, 2.45) is 0 Å². The van der Waals surface area contributed by atoms with Crippen LogP contribution in [0.25, 0.3) is 5.57 Å². The fourth-order valence-corrected chi connectivity index (χ4v) is 5.20. The largest absolute Gasteiger partial charge is 0.465 e. The Morgan fingerprint density at radius 3 is 1.71 bits per heavy atom. The second kappa shape index (κ2) is 9.46. The van der Waals surface area contributed by atoms with E-state index in [1.54, 1.807) is 12.5 Å². The molecular formula is C33H32O2. The first kappa shape index (κ1) is 23.0. The van der Waals surface area contributed by atoms with Crippen LogP contribution in [0.4, 0.5) is 0 Å². The van der Waals surface area contributed by atoms with Crippen LogP contribution in [0.3, 0.4) is 0 Å². The molecule has 0 amide bonds. The molecule has 2 aliphatic carbocycles. The highest BCUT2D eigenvalue weighted by molar-refractivity contribution is 5.94. The van der Waals surface area contributed by atoms with Crippen molar-refractivity contribution in [1.29, 1.82) is 0 Å². The Kier molecular flexibility index (Phi) is 6.21. The number of allylic oxidation sites excluding steroid dienone is 6. The van der Waals surface area contributed by atoms with Crippen molar-refractivity contribution in [2.45, 2.75) is 46.0 Å². The van der Waals surface area contributed by atoms with E-state index < -0.39 is 0 Å². The lowest BCUT2D eigenvalue weighted by atomic mass is 9.67. The van der Waals surface area contributed by atoms with Crippen LogP contribution >= 0.6 is 0 Å². The van der Waals surface area contributed by atoms with Crippen LogP contribution < -0.4 is 9.47 Å². The Bertz CT molecular complexity index is 1280. The van der Waals surface area contributed by atoms with Gasteiger partial charge in [0.1, 0.15) is 11.5 Å². The van der Waals surface area contributed by atoms with Crippen LogP contribution in [0, 0.1) is 0 Å².